The van der Waals surface area contributed by atoms with Crippen molar-refractivity contribution in [1.29, 1.82) is 0 Å². The van der Waals surface area contributed by atoms with E-state index in [-0.39, 0.29) is 22.0 Å². The molecule has 0 saturated heterocycles. The lowest BCUT2D eigenvalue weighted by Crippen LogP contribution is -2.30. The van der Waals surface area contributed by atoms with E-state index in [1.807, 2.05) is 6.92 Å². The van der Waals surface area contributed by atoms with Gasteiger partial charge in [-0.2, -0.15) is 0 Å². The molecule has 1 atom stereocenters. The fourth-order valence-corrected chi connectivity index (χ4v) is 1.64. The number of rotatable bonds is 5. The molecule has 0 radical (unpaired) electrons. The summed E-state index contributed by atoms with van der Waals surface area (Å²) >= 11 is 2.87. The Hall–Kier alpha value is -1.01. The molecule has 6 heteroatoms. The van der Waals surface area contributed by atoms with Gasteiger partial charge in [-0.1, -0.05) is 13.8 Å². The molecule has 2 N–H and O–H groups in total. The van der Waals surface area contributed by atoms with E-state index < -0.39 is 11.6 Å². The average Bonchev–Trinajstić information content (AvgIpc) is 2.32. The lowest BCUT2D eigenvalue weighted by Gasteiger charge is -2.13. The van der Waals surface area contributed by atoms with Gasteiger partial charge >= 0.3 is 0 Å². The Balaban J connectivity index is 2.72. The normalized spacial score (nSPS) is 12.3. The van der Waals surface area contributed by atoms with Gasteiger partial charge in [0.1, 0.15) is 11.6 Å². The van der Waals surface area contributed by atoms with Crippen LogP contribution in [0.4, 0.5) is 14.5 Å². The summed E-state index contributed by atoms with van der Waals surface area (Å²) < 4.78 is 26.7. The van der Waals surface area contributed by atoms with Crippen LogP contribution in [-0.4, -0.2) is 19.0 Å². The topological polar surface area (TPSA) is 41.1 Å². The molecule has 0 saturated carbocycles. The van der Waals surface area contributed by atoms with Crippen molar-refractivity contribution in [3.8, 4) is 0 Å². The molecule has 0 heterocycles. The maximum absolute atomic E-state index is 13.5. The van der Waals surface area contributed by atoms with Crippen LogP contribution in [0.25, 0.3) is 0 Å². The van der Waals surface area contributed by atoms with Gasteiger partial charge in [0, 0.05) is 18.5 Å². The number of hydrogen-bond acceptors (Lipinski definition) is 2. The van der Waals surface area contributed by atoms with Gasteiger partial charge in [0.25, 0.3) is 0 Å². The largest absolute Gasteiger partial charge is 0.323 e. The lowest BCUT2D eigenvalue weighted by atomic mass is 10.1. The molecule has 0 aromatic heterocycles. The molecule has 0 fully saturated rings. The molecular formula is C12H15BrF2N2O. The Morgan fingerprint density at radius 3 is 2.67 bits per heavy atom. The van der Waals surface area contributed by atoms with Crippen LogP contribution in [-0.2, 0) is 4.79 Å². The Morgan fingerprint density at radius 2 is 2.06 bits per heavy atom. The van der Waals surface area contributed by atoms with E-state index in [0.29, 0.717) is 6.54 Å². The van der Waals surface area contributed by atoms with Gasteiger partial charge in [-0.25, -0.2) is 8.78 Å². The average molecular weight is 321 g/mol. The number of anilines is 1. The van der Waals surface area contributed by atoms with Gasteiger partial charge in [-0.05, 0) is 28.5 Å². The van der Waals surface area contributed by atoms with Crippen molar-refractivity contribution < 1.29 is 13.6 Å². The van der Waals surface area contributed by atoms with Crippen molar-refractivity contribution in [2.75, 3.05) is 18.4 Å². The maximum Gasteiger partial charge on any atom is 0.228 e. The number of carbonyl (C=O) groups excluding carboxylic acids is 1. The highest BCUT2D eigenvalue weighted by Gasteiger charge is 2.15. The summed E-state index contributed by atoms with van der Waals surface area (Å²) in [6.45, 7) is 4.88. The number of carbonyl (C=O) groups is 1. The third-order valence-corrected chi connectivity index (χ3v) is 3.02. The summed E-state index contributed by atoms with van der Waals surface area (Å²) in [7, 11) is 0. The summed E-state index contributed by atoms with van der Waals surface area (Å²) in [6.07, 6.45) is 0. The van der Waals surface area contributed by atoms with Crippen molar-refractivity contribution in [3.63, 3.8) is 0 Å². The summed E-state index contributed by atoms with van der Waals surface area (Å²) in [5, 5.41) is 5.39. The highest BCUT2D eigenvalue weighted by molar-refractivity contribution is 9.10. The van der Waals surface area contributed by atoms with Crippen LogP contribution < -0.4 is 10.6 Å². The molecule has 0 aliphatic rings. The van der Waals surface area contributed by atoms with Crippen molar-refractivity contribution in [1.82, 2.24) is 5.32 Å². The van der Waals surface area contributed by atoms with Crippen LogP contribution in [0, 0.1) is 17.6 Å². The molecule has 1 unspecified atom stereocenters. The zero-order chi connectivity index (χ0) is 13.7. The predicted octanol–water partition coefficient (Wildman–Crippen LogP) is 2.91. The highest BCUT2D eigenvalue weighted by Crippen LogP contribution is 2.23. The first-order valence-corrected chi connectivity index (χ1v) is 6.41. The van der Waals surface area contributed by atoms with Gasteiger partial charge in [0.15, 0.2) is 0 Å². The van der Waals surface area contributed by atoms with E-state index in [1.54, 1.807) is 6.92 Å². The van der Waals surface area contributed by atoms with Crippen molar-refractivity contribution in [2.45, 2.75) is 13.8 Å². The zero-order valence-electron chi connectivity index (χ0n) is 10.2. The first-order valence-electron chi connectivity index (χ1n) is 5.61. The van der Waals surface area contributed by atoms with E-state index in [0.717, 1.165) is 18.7 Å². The van der Waals surface area contributed by atoms with Crippen LogP contribution in [0.5, 0.6) is 0 Å². The summed E-state index contributed by atoms with van der Waals surface area (Å²) in [5.41, 5.74) is -0.149. The third-order valence-electron chi connectivity index (χ3n) is 2.42. The molecule has 3 nitrogen and oxygen atoms in total. The maximum atomic E-state index is 13.5. The Kier molecular flexibility index (Phi) is 5.68. The molecule has 0 aliphatic heterocycles. The molecule has 100 valence electrons. The second-order valence-electron chi connectivity index (χ2n) is 3.94. The van der Waals surface area contributed by atoms with Crippen molar-refractivity contribution in [2.24, 2.45) is 5.92 Å². The molecule has 0 bridgehead atoms. The number of nitrogens with one attached hydrogen (secondary N) is 2. The number of hydrogen-bond donors (Lipinski definition) is 2. The van der Waals surface area contributed by atoms with Gasteiger partial charge in [-0.3, -0.25) is 4.79 Å². The number of benzene rings is 1. The summed E-state index contributed by atoms with van der Waals surface area (Å²) in [5.74, 6) is -1.97. The predicted molar refractivity (Wildman–Crippen MR) is 70.4 cm³/mol. The molecular weight excluding hydrogens is 306 g/mol. The van der Waals surface area contributed by atoms with Gasteiger partial charge in [0.2, 0.25) is 5.91 Å². The molecule has 1 aromatic rings. The molecule has 18 heavy (non-hydrogen) atoms. The van der Waals surface area contributed by atoms with E-state index in [2.05, 4.69) is 26.6 Å². The second kappa shape index (κ2) is 6.80. The molecule has 0 spiro atoms. The van der Waals surface area contributed by atoms with E-state index in [1.165, 1.54) is 0 Å². The van der Waals surface area contributed by atoms with Gasteiger partial charge in [-0.15, -0.1) is 0 Å². The molecule has 1 rings (SSSR count). The number of amides is 1. The highest BCUT2D eigenvalue weighted by atomic mass is 79.9. The van der Waals surface area contributed by atoms with E-state index in [9.17, 15) is 13.6 Å². The lowest BCUT2D eigenvalue weighted by molar-refractivity contribution is -0.119. The quantitative estimate of drug-likeness (QED) is 0.819. The second-order valence-corrected chi connectivity index (χ2v) is 4.80. The molecule has 1 amide bonds. The SMILES string of the molecule is CCNCC(C)C(=O)Nc1cc(F)c(Br)cc1F. The van der Waals surface area contributed by atoms with Crippen LogP contribution in [0.2, 0.25) is 0 Å². The van der Waals surface area contributed by atoms with Crippen LogP contribution in [0.3, 0.4) is 0 Å². The summed E-state index contributed by atoms with van der Waals surface area (Å²) in [4.78, 5) is 11.7. The Bertz CT molecular complexity index is 440. The van der Waals surface area contributed by atoms with Crippen molar-refractivity contribution in [3.05, 3.63) is 28.2 Å². The molecule has 0 aliphatic carbocycles. The Morgan fingerprint density at radius 1 is 1.39 bits per heavy atom. The number of halogens is 3. The van der Waals surface area contributed by atoms with Gasteiger partial charge < -0.3 is 10.6 Å². The minimum Gasteiger partial charge on any atom is -0.323 e. The monoisotopic (exact) mass is 320 g/mol. The third kappa shape index (κ3) is 4.03. The fourth-order valence-electron chi connectivity index (χ4n) is 1.33. The minimum atomic E-state index is -0.674. The van der Waals surface area contributed by atoms with Crippen LogP contribution in [0.1, 0.15) is 13.8 Å². The fraction of sp³-hybridized carbons (Fsp3) is 0.417. The first-order chi connectivity index (χ1) is 8.45. The van der Waals surface area contributed by atoms with Gasteiger partial charge in [0.05, 0.1) is 10.2 Å². The van der Waals surface area contributed by atoms with Crippen LogP contribution >= 0.6 is 15.9 Å². The standard InChI is InChI=1S/C12H15BrF2N2O/c1-3-16-6-7(2)12(18)17-11-5-9(14)8(13)4-10(11)15/h4-5,7,16H,3,6H2,1-2H3,(H,17,18). The minimum absolute atomic E-state index is 0.0266. The Labute approximate surface area is 113 Å². The van der Waals surface area contributed by atoms with E-state index in [4.69, 9.17) is 0 Å². The molecule has 1 aromatic carbocycles. The zero-order valence-corrected chi connectivity index (χ0v) is 11.8. The smallest absolute Gasteiger partial charge is 0.228 e. The van der Waals surface area contributed by atoms with Crippen LogP contribution in [0.15, 0.2) is 16.6 Å². The first kappa shape index (κ1) is 15.0. The van der Waals surface area contributed by atoms with Crippen molar-refractivity contribution >= 4 is 27.5 Å². The summed E-state index contributed by atoms with van der Waals surface area (Å²) in [6, 6.07) is 1.94. The van der Waals surface area contributed by atoms with E-state index >= 15 is 0 Å².